The van der Waals surface area contributed by atoms with Gasteiger partial charge in [-0.3, -0.25) is 4.98 Å². The van der Waals surface area contributed by atoms with Crippen LogP contribution in [0.1, 0.15) is 24.2 Å². The van der Waals surface area contributed by atoms with E-state index in [-0.39, 0.29) is 5.92 Å². The van der Waals surface area contributed by atoms with Crippen LogP contribution in [0.25, 0.3) is 10.8 Å². The molecule has 0 bridgehead atoms. The molecule has 1 aromatic carbocycles. The van der Waals surface area contributed by atoms with Crippen LogP contribution in [0, 0.1) is 0 Å². The largest absolute Gasteiger partial charge is 0.351 e. The standard InChI is InChI=1S/C14H13N3/c1-10(13-8-15-9-17-13)14-12-5-3-2-4-11(12)6-7-16-14/h2-10H,1H3,(H,15,17). The van der Waals surface area contributed by atoms with Crippen LogP contribution < -0.4 is 0 Å². The summed E-state index contributed by atoms with van der Waals surface area (Å²) in [5, 5.41) is 2.42. The van der Waals surface area contributed by atoms with E-state index in [2.05, 4.69) is 34.0 Å². The maximum absolute atomic E-state index is 4.51. The van der Waals surface area contributed by atoms with Gasteiger partial charge in [-0.15, -0.1) is 0 Å². The maximum atomic E-state index is 4.51. The molecular formula is C14H13N3. The number of hydrogen-bond donors (Lipinski definition) is 1. The lowest BCUT2D eigenvalue weighted by Gasteiger charge is -2.11. The Morgan fingerprint density at radius 3 is 2.82 bits per heavy atom. The molecule has 0 aliphatic carbocycles. The summed E-state index contributed by atoms with van der Waals surface area (Å²) in [7, 11) is 0. The Bertz CT molecular complexity index is 624. The SMILES string of the molecule is CC(c1c[nH]cn1)c1nccc2ccccc12. The van der Waals surface area contributed by atoms with Gasteiger partial charge in [-0.1, -0.05) is 31.2 Å². The molecule has 17 heavy (non-hydrogen) atoms. The van der Waals surface area contributed by atoms with E-state index in [1.54, 1.807) is 6.33 Å². The van der Waals surface area contributed by atoms with Crippen LogP contribution in [-0.4, -0.2) is 15.0 Å². The first-order chi connectivity index (χ1) is 8.36. The molecule has 2 aromatic heterocycles. The molecule has 2 heterocycles. The number of aromatic amines is 1. The zero-order chi connectivity index (χ0) is 11.7. The smallest absolute Gasteiger partial charge is 0.0923 e. The highest BCUT2D eigenvalue weighted by atomic mass is 14.9. The van der Waals surface area contributed by atoms with Gasteiger partial charge in [-0.25, -0.2) is 4.98 Å². The number of hydrogen-bond acceptors (Lipinski definition) is 2. The highest BCUT2D eigenvalue weighted by molar-refractivity contribution is 5.84. The summed E-state index contributed by atoms with van der Waals surface area (Å²) in [5.74, 6) is 0.201. The number of H-pyrrole nitrogens is 1. The van der Waals surface area contributed by atoms with E-state index in [0.717, 1.165) is 11.4 Å². The number of imidazole rings is 1. The summed E-state index contributed by atoms with van der Waals surface area (Å²) in [6.07, 6.45) is 5.49. The van der Waals surface area contributed by atoms with Gasteiger partial charge >= 0.3 is 0 Å². The molecule has 0 fully saturated rings. The summed E-state index contributed by atoms with van der Waals surface area (Å²) in [6.45, 7) is 2.13. The van der Waals surface area contributed by atoms with Gasteiger partial charge < -0.3 is 4.98 Å². The third kappa shape index (κ3) is 1.69. The molecule has 0 spiro atoms. The van der Waals surface area contributed by atoms with E-state index in [4.69, 9.17) is 0 Å². The van der Waals surface area contributed by atoms with Crippen molar-refractivity contribution in [3.63, 3.8) is 0 Å². The first kappa shape index (κ1) is 10.0. The average molecular weight is 223 g/mol. The Kier molecular flexibility index (Phi) is 2.37. The summed E-state index contributed by atoms with van der Waals surface area (Å²) >= 11 is 0. The molecule has 1 unspecified atom stereocenters. The van der Waals surface area contributed by atoms with E-state index in [1.807, 2.05) is 30.6 Å². The van der Waals surface area contributed by atoms with Crippen LogP contribution in [0.15, 0.2) is 49.1 Å². The van der Waals surface area contributed by atoms with E-state index in [1.165, 1.54) is 10.8 Å². The Morgan fingerprint density at radius 1 is 1.12 bits per heavy atom. The van der Waals surface area contributed by atoms with Gasteiger partial charge in [0, 0.05) is 23.7 Å². The fourth-order valence-electron chi connectivity index (χ4n) is 2.14. The van der Waals surface area contributed by atoms with Crippen LogP contribution >= 0.6 is 0 Å². The minimum atomic E-state index is 0.201. The zero-order valence-electron chi connectivity index (χ0n) is 9.59. The van der Waals surface area contributed by atoms with E-state index in [9.17, 15) is 0 Å². The van der Waals surface area contributed by atoms with Gasteiger partial charge in [0.2, 0.25) is 0 Å². The molecule has 0 amide bonds. The van der Waals surface area contributed by atoms with Crippen molar-refractivity contribution >= 4 is 10.8 Å². The highest BCUT2D eigenvalue weighted by Crippen LogP contribution is 2.26. The third-order valence-corrected chi connectivity index (χ3v) is 3.08. The third-order valence-electron chi connectivity index (χ3n) is 3.08. The summed E-state index contributed by atoms with van der Waals surface area (Å²) < 4.78 is 0. The number of rotatable bonds is 2. The summed E-state index contributed by atoms with van der Waals surface area (Å²) in [5.41, 5.74) is 2.10. The van der Waals surface area contributed by atoms with E-state index < -0.39 is 0 Å². The van der Waals surface area contributed by atoms with Crippen molar-refractivity contribution in [3.8, 4) is 0 Å². The number of fused-ring (bicyclic) bond motifs is 1. The monoisotopic (exact) mass is 223 g/mol. The Balaban J connectivity index is 2.17. The molecule has 3 heteroatoms. The second-order valence-electron chi connectivity index (χ2n) is 4.13. The number of nitrogens with one attached hydrogen (secondary N) is 1. The lowest BCUT2D eigenvalue weighted by molar-refractivity contribution is 0.852. The molecule has 0 saturated heterocycles. The van der Waals surface area contributed by atoms with Crippen molar-refractivity contribution in [2.45, 2.75) is 12.8 Å². The molecule has 1 atom stereocenters. The van der Waals surface area contributed by atoms with Crippen molar-refractivity contribution in [1.29, 1.82) is 0 Å². The zero-order valence-corrected chi connectivity index (χ0v) is 9.59. The Morgan fingerprint density at radius 2 is 2.00 bits per heavy atom. The van der Waals surface area contributed by atoms with Gasteiger partial charge in [0.15, 0.2) is 0 Å². The van der Waals surface area contributed by atoms with Crippen LogP contribution in [0.4, 0.5) is 0 Å². The Labute approximate surface area is 99.5 Å². The minimum Gasteiger partial charge on any atom is -0.351 e. The second kappa shape index (κ2) is 4.01. The molecular weight excluding hydrogens is 210 g/mol. The molecule has 0 aliphatic heterocycles. The Hall–Kier alpha value is -2.16. The van der Waals surface area contributed by atoms with Crippen LogP contribution in [0.3, 0.4) is 0 Å². The molecule has 1 N–H and O–H groups in total. The lowest BCUT2D eigenvalue weighted by Crippen LogP contribution is -2.00. The fraction of sp³-hybridized carbons (Fsp3) is 0.143. The van der Waals surface area contributed by atoms with Gasteiger partial charge in [-0.05, 0) is 11.5 Å². The fourth-order valence-corrected chi connectivity index (χ4v) is 2.14. The molecule has 3 rings (SSSR count). The molecule has 84 valence electrons. The average Bonchev–Trinajstić information content (AvgIpc) is 2.91. The minimum absolute atomic E-state index is 0.201. The number of nitrogens with zero attached hydrogens (tertiary/aromatic N) is 2. The van der Waals surface area contributed by atoms with Crippen LogP contribution in [-0.2, 0) is 0 Å². The second-order valence-corrected chi connectivity index (χ2v) is 4.13. The predicted octanol–water partition coefficient (Wildman–Crippen LogP) is 3.11. The quantitative estimate of drug-likeness (QED) is 0.725. The predicted molar refractivity (Wildman–Crippen MR) is 67.8 cm³/mol. The van der Waals surface area contributed by atoms with E-state index in [0.29, 0.717) is 0 Å². The number of pyridine rings is 1. The van der Waals surface area contributed by atoms with Crippen LogP contribution in [0.5, 0.6) is 0 Å². The van der Waals surface area contributed by atoms with E-state index >= 15 is 0 Å². The summed E-state index contributed by atoms with van der Waals surface area (Å²) in [6, 6.07) is 10.4. The van der Waals surface area contributed by atoms with Crippen molar-refractivity contribution < 1.29 is 0 Å². The first-order valence-electron chi connectivity index (χ1n) is 5.68. The van der Waals surface area contributed by atoms with Crippen molar-refractivity contribution in [2.75, 3.05) is 0 Å². The van der Waals surface area contributed by atoms with Crippen molar-refractivity contribution in [3.05, 3.63) is 60.4 Å². The van der Waals surface area contributed by atoms with Crippen molar-refractivity contribution in [2.24, 2.45) is 0 Å². The maximum Gasteiger partial charge on any atom is 0.0923 e. The van der Waals surface area contributed by atoms with Crippen LogP contribution in [0.2, 0.25) is 0 Å². The molecule has 3 nitrogen and oxygen atoms in total. The lowest BCUT2D eigenvalue weighted by atomic mass is 9.98. The molecule has 0 aliphatic rings. The van der Waals surface area contributed by atoms with Gasteiger partial charge in [0.05, 0.1) is 17.7 Å². The normalized spacial score (nSPS) is 12.8. The first-order valence-corrected chi connectivity index (χ1v) is 5.68. The molecule has 0 radical (unpaired) electrons. The topological polar surface area (TPSA) is 41.6 Å². The van der Waals surface area contributed by atoms with Gasteiger partial charge in [0.1, 0.15) is 0 Å². The van der Waals surface area contributed by atoms with Gasteiger partial charge in [-0.2, -0.15) is 0 Å². The summed E-state index contributed by atoms with van der Waals surface area (Å²) in [4.78, 5) is 11.8. The molecule has 3 aromatic rings. The number of benzene rings is 1. The molecule has 0 saturated carbocycles. The highest BCUT2D eigenvalue weighted by Gasteiger charge is 2.14. The number of aromatic nitrogens is 3. The van der Waals surface area contributed by atoms with Crippen molar-refractivity contribution in [1.82, 2.24) is 15.0 Å². The van der Waals surface area contributed by atoms with Gasteiger partial charge in [0.25, 0.3) is 0 Å².